The van der Waals surface area contributed by atoms with Crippen molar-refractivity contribution in [1.29, 1.82) is 0 Å². The molecule has 1 aliphatic rings. The molecule has 3 nitrogen and oxygen atoms in total. The molecule has 0 saturated carbocycles. The summed E-state index contributed by atoms with van der Waals surface area (Å²) in [5, 5.41) is 4.88. The monoisotopic (exact) mass is 230 g/mol. The zero-order chi connectivity index (χ0) is 11.5. The topological polar surface area (TPSA) is 37.0 Å². The zero-order valence-electron chi connectivity index (χ0n) is 9.91. The number of aromatic nitrogens is 1. The molecule has 0 amide bonds. The quantitative estimate of drug-likeness (QED) is 0.849. The number of fused-ring (bicyclic) bond motifs is 1. The van der Waals surface area contributed by atoms with Crippen molar-refractivity contribution >= 4 is 10.9 Å². The highest BCUT2D eigenvalue weighted by Crippen LogP contribution is 2.14. The van der Waals surface area contributed by atoms with Gasteiger partial charge in [0.1, 0.15) is 0 Å². The second-order valence-electron chi connectivity index (χ2n) is 4.67. The van der Waals surface area contributed by atoms with E-state index < -0.39 is 0 Å². The lowest BCUT2D eigenvalue weighted by Crippen LogP contribution is -2.34. The number of benzene rings is 1. The van der Waals surface area contributed by atoms with Crippen molar-refractivity contribution in [1.82, 2.24) is 10.3 Å². The second kappa shape index (κ2) is 4.90. The Morgan fingerprint density at radius 3 is 3.00 bits per heavy atom. The number of hydrogen-bond acceptors (Lipinski definition) is 2. The van der Waals surface area contributed by atoms with E-state index >= 15 is 0 Å². The molecule has 0 unspecified atom stereocenters. The van der Waals surface area contributed by atoms with E-state index in [0.29, 0.717) is 6.04 Å². The Morgan fingerprint density at radius 1 is 1.24 bits per heavy atom. The Morgan fingerprint density at radius 2 is 2.12 bits per heavy atom. The van der Waals surface area contributed by atoms with Crippen LogP contribution in [0.2, 0.25) is 0 Å². The smallest absolute Gasteiger partial charge is 0.0480 e. The van der Waals surface area contributed by atoms with Crippen LogP contribution in [0.1, 0.15) is 18.4 Å². The molecule has 0 atom stereocenters. The molecule has 0 spiro atoms. The molecule has 90 valence electrons. The number of ether oxygens (including phenoxy) is 1. The van der Waals surface area contributed by atoms with Gasteiger partial charge in [-0.05, 0) is 35.9 Å². The lowest BCUT2D eigenvalue weighted by Gasteiger charge is -2.23. The average Bonchev–Trinajstić information content (AvgIpc) is 2.85. The number of rotatable bonds is 3. The molecule has 1 fully saturated rings. The molecule has 2 aromatic rings. The van der Waals surface area contributed by atoms with E-state index in [4.69, 9.17) is 4.74 Å². The van der Waals surface area contributed by atoms with Crippen molar-refractivity contribution in [2.75, 3.05) is 13.2 Å². The van der Waals surface area contributed by atoms with Crippen molar-refractivity contribution in [3.8, 4) is 0 Å². The summed E-state index contributed by atoms with van der Waals surface area (Å²) in [7, 11) is 0. The molecule has 0 radical (unpaired) electrons. The van der Waals surface area contributed by atoms with Crippen molar-refractivity contribution in [2.45, 2.75) is 25.4 Å². The van der Waals surface area contributed by atoms with Crippen molar-refractivity contribution < 1.29 is 4.74 Å². The molecule has 3 heteroatoms. The third-order valence-electron chi connectivity index (χ3n) is 3.44. The molecule has 3 rings (SSSR count). The molecule has 1 saturated heterocycles. The first-order valence-corrected chi connectivity index (χ1v) is 6.29. The summed E-state index contributed by atoms with van der Waals surface area (Å²) in [5.74, 6) is 0. The van der Waals surface area contributed by atoms with Crippen LogP contribution in [0.25, 0.3) is 10.9 Å². The highest BCUT2D eigenvalue weighted by Gasteiger charge is 2.12. The van der Waals surface area contributed by atoms with Gasteiger partial charge in [0.05, 0.1) is 0 Å². The summed E-state index contributed by atoms with van der Waals surface area (Å²) in [6, 6.07) is 9.31. The van der Waals surface area contributed by atoms with E-state index in [0.717, 1.165) is 32.6 Å². The van der Waals surface area contributed by atoms with Crippen LogP contribution in [0.5, 0.6) is 0 Å². The first-order valence-electron chi connectivity index (χ1n) is 6.29. The van der Waals surface area contributed by atoms with Crippen LogP contribution < -0.4 is 5.32 Å². The molecule has 1 aromatic carbocycles. The van der Waals surface area contributed by atoms with Gasteiger partial charge < -0.3 is 15.0 Å². The van der Waals surface area contributed by atoms with Crippen molar-refractivity contribution in [3.05, 3.63) is 36.0 Å². The molecule has 1 aliphatic heterocycles. The average molecular weight is 230 g/mol. The number of hydrogen-bond donors (Lipinski definition) is 2. The van der Waals surface area contributed by atoms with Gasteiger partial charge in [0.25, 0.3) is 0 Å². The first-order chi connectivity index (χ1) is 8.42. The van der Waals surface area contributed by atoms with Gasteiger partial charge in [0.15, 0.2) is 0 Å². The summed E-state index contributed by atoms with van der Waals surface area (Å²) in [6.45, 7) is 2.74. The summed E-state index contributed by atoms with van der Waals surface area (Å²) in [4.78, 5) is 3.25. The third-order valence-corrected chi connectivity index (χ3v) is 3.44. The van der Waals surface area contributed by atoms with Gasteiger partial charge in [-0.2, -0.15) is 0 Å². The fraction of sp³-hybridized carbons (Fsp3) is 0.429. The zero-order valence-corrected chi connectivity index (χ0v) is 9.91. The first kappa shape index (κ1) is 10.8. The largest absolute Gasteiger partial charge is 0.381 e. The molecule has 2 heterocycles. The van der Waals surface area contributed by atoms with Crippen LogP contribution in [-0.2, 0) is 11.3 Å². The normalized spacial score (nSPS) is 17.6. The van der Waals surface area contributed by atoms with Gasteiger partial charge in [-0.1, -0.05) is 12.1 Å². The van der Waals surface area contributed by atoms with Gasteiger partial charge in [-0.15, -0.1) is 0 Å². The summed E-state index contributed by atoms with van der Waals surface area (Å²) in [6.07, 6.45) is 4.25. The molecule has 0 bridgehead atoms. The van der Waals surface area contributed by atoms with Crippen molar-refractivity contribution in [3.63, 3.8) is 0 Å². The van der Waals surface area contributed by atoms with E-state index in [2.05, 4.69) is 34.6 Å². The molecule has 2 N–H and O–H groups in total. The van der Waals surface area contributed by atoms with E-state index in [-0.39, 0.29) is 0 Å². The van der Waals surface area contributed by atoms with Crippen molar-refractivity contribution in [2.24, 2.45) is 0 Å². The maximum absolute atomic E-state index is 5.35. The fourth-order valence-corrected chi connectivity index (χ4v) is 2.37. The lowest BCUT2D eigenvalue weighted by molar-refractivity contribution is 0.0776. The lowest BCUT2D eigenvalue weighted by atomic mass is 10.1. The predicted molar refractivity (Wildman–Crippen MR) is 69.0 cm³/mol. The number of aromatic amines is 1. The van der Waals surface area contributed by atoms with E-state index in [1.54, 1.807) is 0 Å². The van der Waals surface area contributed by atoms with Gasteiger partial charge in [-0.3, -0.25) is 0 Å². The summed E-state index contributed by atoms with van der Waals surface area (Å²) in [5.41, 5.74) is 2.56. The highest BCUT2D eigenvalue weighted by atomic mass is 16.5. The van der Waals surface area contributed by atoms with Crippen LogP contribution in [0, 0.1) is 0 Å². The molecular weight excluding hydrogens is 212 g/mol. The molecule has 0 aliphatic carbocycles. The van der Waals surface area contributed by atoms with Crippen LogP contribution in [0.4, 0.5) is 0 Å². The van der Waals surface area contributed by atoms with E-state index in [9.17, 15) is 0 Å². The van der Waals surface area contributed by atoms with Gasteiger partial charge in [0.2, 0.25) is 0 Å². The molecule has 17 heavy (non-hydrogen) atoms. The Balaban J connectivity index is 1.63. The maximum atomic E-state index is 5.35. The summed E-state index contributed by atoms with van der Waals surface area (Å²) >= 11 is 0. The SMILES string of the molecule is c1cc2ccc(CNC3CCOCC3)cc2[nH]1. The van der Waals surface area contributed by atoms with E-state index in [1.165, 1.54) is 16.5 Å². The maximum Gasteiger partial charge on any atom is 0.0480 e. The Hall–Kier alpha value is -1.32. The minimum absolute atomic E-state index is 0.614. The minimum Gasteiger partial charge on any atom is -0.381 e. The Bertz CT molecular complexity index is 486. The highest BCUT2D eigenvalue weighted by molar-refractivity contribution is 5.79. The molecule has 1 aromatic heterocycles. The number of H-pyrrole nitrogens is 1. The van der Waals surface area contributed by atoms with E-state index in [1.807, 2.05) is 6.20 Å². The third kappa shape index (κ3) is 2.51. The van der Waals surface area contributed by atoms with Gasteiger partial charge >= 0.3 is 0 Å². The van der Waals surface area contributed by atoms with Crippen LogP contribution >= 0.6 is 0 Å². The minimum atomic E-state index is 0.614. The van der Waals surface area contributed by atoms with Crippen LogP contribution in [-0.4, -0.2) is 24.2 Å². The number of nitrogens with one attached hydrogen (secondary N) is 2. The second-order valence-corrected chi connectivity index (χ2v) is 4.67. The van der Waals surface area contributed by atoms with Crippen LogP contribution in [0.3, 0.4) is 0 Å². The Labute approximate surface area is 101 Å². The predicted octanol–water partition coefficient (Wildman–Crippen LogP) is 2.44. The fourth-order valence-electron chi connectivity index (χ4n) is 2.37. The standard InChI is InChI=1S/C14H18N2O/c1-2-12-3-6-15-14(12)9-11(1)10-16-13-4-7-17-8-5-13/h1-3,6,9,13,15-16H,4-5,7-8,10H2. The van der Waals surface area contributed by atoms with Crippen LogP contribution in [0.15, 0.2) is 30.5 Å². The van der Waals surface area contributed by atoms with Gasteiger partial charge in [0, 0.05) is 37.5 Å². The van der Waals surface area contributed by atoms with Gasteiger partial charge in [-0.25, -0.2) is 0 Å². The Kier molecular flexibility index (Phi) is 3.12. The molecular formula is C14H18N2O. The summed E-state index contributed by atoms with van der Waals surface area (Å²) < 4.78 is 5.35.